The van der Waals surface area contributed by atoms with Crippen LogP contribution in [-0.2, 0) is 18.4 Å². The molecule has 0 radical (unpaired) electrons. The second kappa shape index (κ2) is 10.1. The van der Waals surface area contributed by atoms with E-state index >= 15 is 0 Å². The summed E-state index contributed by atoms with van der Waals surface area (Å²) < 4.78 is 7.70. The maximum absolute atomic E-state index is 11.2. The molecule has 2 N–H and O–H groups in total. The first-order valence-corrected chi connectivity index (χ1v) is 11.6. The molecule has 2 atom stereocenters. The summed E-state index contributed by atoms with van der Waals surface area (Å²) in [6, 6.07) is 5.68. The molecule has 3 aromatic rings. The third-order valence-corrected chi connectivity index (χ3v) is 6.27. The number of hydrogen-bond donors (Lipinski definition) is 2. The first kappa shape index (κ1) is 23.6. The van der Waals surface area contributed by atoms with Crippen molar-refractivity contribution in [1.82, 2.24) is 29.9 Å². The highest BCUT2D eigenvalue weighted by atomic mass is 16.5. The second-order valence-corrected chi connectivity index (χ2v) is 9.13. The number of anilines is 1. The van der Waals surface area contributed by atoms with Crippen LogP contribution in [0.15, 0.2) is 24.4 Å². The Bertz CT molecular complexity index is 1160. The summed E-state index contributed by atoms with van der Waals surface area (Å²) in [6.07, 6.45) is 4.01. The number of nitrogens with zero attached hydrogens (tertiary/aromatic N) is 6. The van der Waals surface area contributed by atoms with Gasteiger partial charge in [0.1, 0.15) is 11.4 Å². The SMILES string of the molecule is Cc1nc(-c2nnn(C)c2CNc2nccc(C(C)C)n2)ccc1OCC1CCC(C(=O)O)C1. The van der Waals surface area contributed by atoms with Crippen LogP contribution in [0.2, 0.25) is 0 Å². The molecular formula is C24H31N7O3. The fourth-order valence-electron chi connectivity index (χ4n) is 4.21. The average Bonchev–Trinajstić information content (AvgIpc) is 3.44. The number of carbonyl (C=O) groups is 1. The van der Waals surface area contributed by atoms with Crippen molar-refractivity contribution in [2.45, 2.75) is 52.5 Å². The van der Waals surface area contributed by atoms with Crippen molar-refractivity contribution in [3.63, 3.8) is 0 Å². The van der Waals surface area contributed by atoms with Crippen LogP contribution in [0.4, 0.5) is 5.95 Å². The van der Waals surface area contributed by atoms with Gasteiger partial charge in [-0.3, -0.25) is 4.79 Å². The van der Waals surface area contributed by atoms with Crippen LogP contribution in [0.3, 0.4) is 0 Å². The lowest BCUT2D eigenvalue weighted by Crippen LogP contribution is -2.13. The van der Waals surface area contributed by atoms with E-state index in [1.54, 1.807) is 10.9 Å². The molecule has 10 heteroatoms. The molecular weight excluding hydrogens is 434 g/mol. The standard InChI is InChI=1S/C24H31N7O3/c1-14(2)18-9-10-25-24(28-18)26-12-20-22(29-30-31(20)4)19-7-8-21(15(3)27-19)34-13-16-5-6-17(11-16)23(32)33/h7-10,14,16-17H,5-6,11-13H2,1-4H3,(H,32,33)(H,25,26,28). The highest BCUT2D eigenvalue weighted by Crippen LogP contribution is 2.32. The zero-order valence-corrected chi connectivity index (χ0v) is 20.0. The van der Waals surface area contributed by atoms with E-state index in [1.165, 1.54) is 0 Å². The van der Waals surface area contributed by atoms with Crippen molar-refractivity contribution in [2.75, 3.05) is 11.9 Å². The van der Waals surface area contributed by atoms with Crippen LogP contribution in [0, 0.1) is 18.8 Å². The predicted octanol–water partition coefficient (Wildman–Crippen LogP) is 3.59. The smallest absolute Gasteiger partial charge is 0.306 e. The van der Waals surface area contributed by atoms with Gasteiger partial charge in [0.2, 0.25) is 5.95 Å². The number of carboxylic acid groups (broad SMARTS) is 1. The van der Waals surface area contributed by atoms with Crippen LogP contribution < -0.4 is 10.1 Å². The van der Waals surface area contributed by atoms with E-state index in [1.807, 2.05) is 32.2 Å². The molecule has 2 unspecified atom stereocenters. The number of pyridine rings is 1. The Morgan fingerprint density at radius 3 is 2.79 bits per heavy atom. The number of aromatic nitrogens is 6. The van der Waals surface area contributed by atoms with E-state index in [2.05, 4.69) is 39.4 Å². The minimum atomic E-state index is -0.710. The van der Waals surface area contributed by atoms with Crippen LogP contribution in [0.5, 0.6) is 5.75 Å². The van der Waals surface area contributed by atoms with E-state index < -0.39 is 5.97 Å². The Morgan fingerprint density at radius 1 is 1.26 bits per heavy atom. The lowest BCUT2D eigenvalue weighted by Gasteiger charge is -2.14. The van der Waals surface area contributed by atoms with E-state index in [9.17, 15) is 9.90 Å². The third kappa shape index (κ3) is 5.32. The van der Waals surface area contributed by atoms with Crippen LogP contribution in [-0.4, -0.2) is 47.6 Å². The van der Waals surface area contributed by atoms with Crippen LogP contribution in [0.1, 0.15) is 56.1 Å². The fourth-order valence-corrected chi connectivity index (χ4v) is 4.21. The maximum Gasteiger partial charge on any atom is 0.306 e. The predicted molar refractivity (Wildman–Crippen MR) is 126 cm³/mol. The van der Waals surface area contributed by atoms with E-state index in [0.717, 1.165) is 29.9 Å². The monoisotopic (exact) mass is 465 g/mol. The minimum Gasteiger partial charge on any atom is -0.491 e. The zero-order chi connectivity index (χ0) is 24.2. The van der Waals surface area contributed by atoms with E-state index in [-0.39, 0.29) is 11.8 Å². The zero-order valence-electron chi connectivity index (χ0n) is 20.0. The first-order chi connectivity index (χ1) is 16.3. The normalized spacial score (nSPS) is 17.8. The summed E-state index contributed by atoms with van der Waals surface area (Å²) >= 11 is 0. The number of aryl methyl sites for hydroxylation is 2. The molecule has 0 amide bonds. The van der Waals surface area contributed by atoms with Gasteiger partial charge in [-0.15, -0.1) is 5.10 Å². The van der Waals surface area contributed by atoms with Gasteiger partial charge in [0.25, 0.3) is 0 Å². The molecule has 3 heterocycles. The van der Waals surface area contributed by atoms with Crippen molar-refractivity contribution >= 4 is 11.9 Å². The number of carboxylic acids is 1. The molecule has 0 aromatic carbocycles. The van der Waals surface area contributed by atoms with Gasteiger partial charge < -0.3 is 15.2 Å². The number of nitrogens with one attached hydrogen (secondary N) is 1. The second-order valence-electron chi connectivity index (χ2n) is 9.13. The third-order valence-electron chi connectivity index (χ3n) is 6.27. The fraction of sp³-hybridized carbons (Fsp3) is 0.500. The lowest BCUT2D eigenvalue weighted by molar-refractivity contribution is -0.141. The van der Waals surface area contributed by atoms with Gasteiger partial charge in [-0.2, -0.15) is 0 Å². The van der Waals surface area contributed by atoms with Crippen molar-refractivity contribution < 1.29 is 14.6 Å². The molecule has 0 bridgehead atoms. The first-order valence-electron chi connectivity index (χ1n) is 11.6. The summed E-state index contributed by atoms with van der Waals surface area (Å²) in [5.74, 6) is 0.871. The molecule has 1 fully saturated rings. The van der Waals surface area contributed by atoms with Crippen molar-refractivity contribution in [2.24, 2.45) is 18.9 Å². The van der Waals surface area contributed by atoms with Gasteiger partial charge in [-0.05, 0) is 56.2 Å². The molecule has 0 aliphatic heterocycles. The molecule has 180 valence electrons. The molecule has 1 aliphatic carbocycles. The number of aliphatic carboxylic acids is 1. The Kier molecular flexibility index (Phi) is 7.04. The molecule has 0 saturated heterocycles. The van der Waals surface area contributed by atoms with Gasteiger partial charge in [-0.25, -0.2) is 19.6 Å². The van der Waals surface area contributed by atoms with Gasteiger partial charge in [0.15, 0.2) is 0 Å². The van der Waals surface area contributed by atoms with Gasteiger partial charge in [-0.1, -0.05) is 19.1 Å². The van der Waals surface area contributed by atoms with Crippen molar-refractivity contribution in [3.8, 4) is 17.1 Å². The van der Waals surface area contributed by atoms with Crippen molar-refractivity contribution in [3.05, 3.63) is 41.5 Å². The van der Waals surface area contributed by atoms with E-state index in [4.69, 9.17) is 9.72 Å². The average molecular weight is 466 g/mol. The highest BCUT2D eigenvalue weighted by molar-refractivity contribution is 5.70. The summed E-state index contributed by atoms with van der Waals surface area (Å²) in [5, 5.41) is 21.0. The molecule has 3 aromatic heterocycles. The Labute approximate surface area is 198 Å². The van der Waals surface area contributed by atoms with Crippen LogP contribution >= 0.6 is 0 Å². The van der Waals surface area contributed by atoms with Gasteiger partial charge in [0, 0.05) is 18.9 Å². The number of rotatable bonds is 9. The summed E-state index contributed by atoms with van der Waals surface area (Å²) in [5.41, 5.74) is 3.99. The Morgan fingerprint density at radius 2 is 2.09 bits per heavy atom. The number of hydrogen-bond acceptors (Lipinski definition) is 8. The molecule has 1 aliphatic rings. The summed E-state index contributed by atoms with van der Waals surface area (Å²) in [7, 11) is 1.84. The summed E-state index contributed by atoms with van der Waals surface area (Å²) in [4.78, 5) is 24.7. The summed E-state index contributed by atoms with van der Waals surface area (Å²) in [6.45, 7) is 7.04. The molecule has 10 nitrogen and oxygen atoms in total. The topological polar surface area (TPSA) is 128 Å². The van der Waals surface area contributed by atoms with Gasteiger partial charge >= 0.3 is 5.97 Å². The molecule has 1 saturated carbocycles. The Hall–Kier alpha value is -3.56. The number of ether oxygens (including phenoxy) is 1. The minimum absolute atomic E-state index is 0.253. The highest BCUT2D eigenvalue weighted by Gasteiger charge is 2.30. The van der Waals surface area contributed by atoms with Crippen LogP contribution in [0.25, 0.3) is 11.4 Å². The lowest BCUT2D eigenvalue weighted by atomic mass is 10.1. The molecule has 34 heavy (non-hydrogen) atoms. The maximum atomic E-state index is 11.2. The van der Waals surface area contributed by atoms with Gasteiger partial charge in [0.05, 0.1) is 36.2 Å². The quantitative estimate of drug-likeness (QED) is 0.487. The molecule has 4 rings (SSSR count). The largest absolute Gasteiger partial charge is 0.491 e. The van der Waals surface area contributed by atoms with Crippen molar-refractivity contribution in [1.29, 1.82) is 0 Å². The van der Waals surface area contributed by atoms with E-state index in [0.29, 0.717) is 48.6 Å². The molecule has 0 spiro atoms. The Balaban J connectivity index is 1.43.